The Bertz CT molecular complexity index is 665. The number of rotatable bonds is 6. The predicted octanol–water partition coefficient (Wildman–Crippen LogP) is 2.89. The van der Waals surface area contributed by atoms with Crippen molar-refractivity contribution in [2.45, 2.75) is 12.1 Å². The Balaban J connectivity index is 1.77. The van der Waals surface area contributed by atoms with E-state index in [1.807, 2.05) is 48.5 Å². The Kier molecular flexibility index (Phi) is 5.09. The van der Waals surface area contributed by atoms with E-state index in [4.69, 9.17) is 0 Å². The summed E-state index contributed by atoms with van der Waals surface area (Å²) >= 11 is 0. The van der Waals surface area contributed by atoms with Gasteiger partial charge in [0.2, 0.25) is 0 Å². The molecular formula is C19H19N3O. The molecule has 2 heterocycles. The molecule has 2 aromatic heterocycles. The average molecular weight is 305 g/mol. The summed E-state index contributed by atoms with van der Waals surface area (Å²) in [6, 6.07) is 19.6. The van der Waals surface area contributed by atoms with Gasteiger partial charge < -0.3 is 10.4 Å². The van der Waals surface area contributed by atoms with E-state index in [-0.39, 0.29) is 6.04 Å². The maximum Gasteiger partial charge on any atom is 0.0915 e. The van der Waals surface area contributed by atoms with Gasteiger partial charge in [-0.3, -0.25) is 9.97 Å². The third kappa shape index (κ3) is 4.00. The highest BCUT2D eigenvalue weighted by atomic mass is 16.3. The van der Waals surface area contributed by atoms with Crippen LogP contribution in [0, 0.1) is 0 Å². The lowest BCUT2D eigenvalue weighted by Crippen LogP contribution is -2.28. The first-order valence-corrected chi connectivity index (χ1v) is 7.62. The third-order valence-electron chi connectivity index (χ3n) is 3.72. The number of hydrogen-bond acceptors (Lipinski definition) is 4. The lowest BCUT2D eigenvalue weighted by atomic mass is 10.0. The number of aromatic nitrogens is 2. The van der Waals surface area contributed by atoms with Crippen molar-refractivity contribution in [3.05, 3.63) is 96.1 Å². The summed E-state index contributed by atoms with van der Waals surface area (Å²) in [5.41, 5.74) is 2.90. The molecule has 3 aromatic rings. The second-order valence-electron chi connectivity index (χ2n) is 5.30. The second-order valence-corrected chi connectivity index (χ2v) is 5.30. The fraction of sp³-hybridized carbons (Fsp3) is 0.158. The molecule has 1 aromatic carbocycles. The van der Waals surface area contributed by atoms with Crippen molar-refractivity contribution < 1.29 is 5.11 Å². The van der Waals surface area contributed by atoms with Crippen molar-refractivity contribution in [3.63, 3.8) is 0 Å². The molecule has 0 amide bonds. The second kappa shape index (κ2) is 7.63. The lowest BCUT2D eigenvalue weighted by molar-refractivity contribution is 0.171. The molecule has 0 aliphatic rings. The smallest absolute Gasteiger partial charge is 0.0915 e. The monoisotopic (exact) mass is 305 g/mol. The Morgan fingerprint density at radius 3 is 2.26 bits per heavy atom. The normalized spacial score (nSPS) is 13.4. The van der Waals surface area contributed by atoms with Crippen LogP contribution in [0.3, 0.4) is 0 Å². The van der Waals surface area contributed by atoms with Crippen LogP contribution in [0.4, 0.5) is 0 Å². The Hall–Kier alpha value is -2.56. The van der Waals surface area contributed by atoms with Gasteiger partial charge >= 0.3 is 0 Å². The Morgan fingerprint density at radius 1 is 0.826 bits per heavy atom. The number of aliphatic hydroxyl groups is 1. The average Bonchev–Trinajstić information content (AvgIpc) is 2.64. The number of aliphatic hydroxyl groups excluding tert-OH is 1. The minimum absolute atomic E-state index is 0.0612. The van der Waals surface area contributed by atoms with E-state index in [1.165, 1.54) is 0 Å². The van der Waals surface area contributed by atoms with E-state index >= 15 is 0 Å². The molecule has 2 N–H and O–H groups in total. The number of nitrogens with one attached hydrogen (secondary N) is 1. The van der Waals surface area contributed by atoms with Crippen molar-refractivity contribution in [1.82, 2.24) is 15.3 Å². The zero-order valence-electron chi connectivity index (χ0n) is 12.7. The molecule has 0 saturated heterocycles. The molecule has 0 spiro atoms. The molecule has 0 aliphatic carbocycles. The van der Waals surface area contributed by atoms with Crippen molar-refractivity contribution in [2.24, 2.45) is 0 Å². The zero-order chi connectivity index (χ0) is 15.9. The quantitative estimate of drug-likeness (QED) is 0.735. The summed E-state index contributed by atoms with van der Waals surface area (Å²) in [4.78, 5) is 8.43. The van der Waals surface area contributed by atoms with Gasteiger partial charge in [-0.2, -0.15) is 0 Å². The molecule has 0 saturated carbocycles. The maximum absolute atomic E-state index is 10.4. The van der Waals surface area contributed by atoms with Gasteiger partial charge in [-0.15, -0.1) is 0 Å². The van der Waals surface area contributed by atoms with Crippen LogP contribution in [0.2, 0.25) is 0 Å². The van der Waals surface area contributed by atoms with Crippen molar-refractivity contribution >= 4 is 0 Å². The van der Waals surface area contributed by atoms with Crippen LogP contribution < -0.4 is 5.32 Å². The van der Waals surface area contributed by atoms with E-state index in [0.29, 0.717) is 6.54 Å². The van der Waals surface area contributed by atoms with E-state index in [1.54, 1.807) is 18.6 Å². The Labute approximate surface area is 135 Å². The molecule has 116 valence electrons. The van der Waals surface area contributed by atoms with Gasteiger partial charge in [-0.1, -0.05) is 36.4 Å². The molecule has 4 nitrogen and oxygen atoms in total. The largest absolute Gasteiger partial charge is 0.387 e. The summed E-state index contributed by atoms with van der Waals surface area (Å²) < 4.78 is 0. The molecule has 0 aliphatic heterocycles. The van der Waals surface area contributed by atoms with Gasteiger partial charge in [0, 0.05) is 25.1 Å². The van der Waals surface area contributed by atoms with E-state index in [0.717, 1.165) is 16.8 Å². The van der Waals surface area contributed by atoms with Crippen LogP contribution in [0.1, 0.15) is 29.0 Å². The van der Waals surface area contributed by atoms with Crippen LogP contribution in [0.25, 0.3) is 0 Å². The summed E-state index contributed by atoms with van der Waals surface area (Å²) in [6.45, 7) is 0.431. The highest BCUT2D eigenvalue weighted by Crippen LogP contribution is 2.21. The fourth-order valence-electron chi connectivity index (χ4n) is 2.52. The zero-order valence-corrected chi connectivity index (χ0v) is 12.7. The third-order valence-corrected chi connectivity index (χ3v) is 3.72. The van der Waals surface area contributed by atoms with Crippen LogP contribution in [-0.2, 0) is 0 Å². The first-order valence-electron chi connectivity index (χ1n) is 7.62. The van der Waals surface area contributed by atoms with Gasteiger partial charge in [0.25, 0.3) is 0 Å². The molecule has 0 unspecified atom stereocenters. The van der Waals surface area contributed by atoms with Gasteiger partial charge in [-0.05, 0) is 35.4 Å². The minimum atomic E-state index is -0.590. The molecule has 2 atom stereocenters. The molecule has 0 fully saturated rings. The molecule has 3 rings (SSSR count). The summed E-state index contributed by atoms with van der Waals surface area (Å²) in [7, 11) is 0. The van der Waals surface area contributed by atoms with E-state index in [9.17, 15) is 5.11 Å². The highest BCUT2D eigenvalue weighted by Gasteiger charge is 2.16. The summed E-state index contributed by atoms with van der Waals surface area (Å²) in [5, 5.41) is 13.8. The number of nitrogens with zero attached hydrogens (tertiary/aromatic N) is 2. The maximum atomic E-state index is 10.4. The molecule has 23 heavy (non-hydrogen) atoms. The van der Waals surface area contributed by atoms with Gasteiger partial charge in [0.1, 0.15) is 0 Å². The molecule has 4 heteroatoms. The SMILES string of the molecule is O[C@H](CN[C@H](c1ccccc1)c1ccccn1)c1ccncc1. The van der Waals surface area contributed by atoms with Crippen LogP contribution in [0.5, 0.6) is 0 Å². The van der Waals surface area contributed by atoms with Crippen molar-refractivity contribution in [1.29, 1.82) is 0 Å². The van der Waals surface area contributed by atoms with E-state index in [2.05, 4.69) is 27.4 Å². The fourth-order valence-corrected chi connectivity index (χ4v) is 2.52. The van der Waals surface area contributed by atoms with Crippen molar-refractivity contribution in [2.75, 3.05) is 6.54 Å². The van der Waals surface area contributed by atoms with Gasteiger partial charge in [-0.25, -0.2) is 0 Å². The topological polar surface area (TPSA) is 58.0 Å². The van der Waals surface area contributed by atoms with Crippen LogP contribution in [-0.4, -0.2) is 21.6 Å². The Morgan fingerprint density at radius 2 is 1.57 bits per heavy atom. The van der Waals surface area contributed by atoms with Crippen molar-refractivity contribution in [3.8, 4) is 0 Å². The van der Waals surface area contributed by atoms with Crippen LogP contribution >= 0.6 is 0 Å². The minimum Gasteiger partial charge on any atom is -0.387 e. The predicted molar refractivity (Wildman–Crippen MR) is 89.7 cm³/mol. The van der Waals surface area contributed by atoms with E-state index < -0.39 is 6.10 Å². The molecule has 0 radical (unpaired) electrons. The summed E-state index contributed by atoms with van der Waals surface area (Å²) in [5.74, 6) is 0. The van der Waals surface area contributed by atoms with Gasteiger partial charge in [0.05, 0.1) is 17.8 Å². The van der Waals surface area contributed by atoms with Gasteiger partial charge in [0.15, 0.2) is 0 Å². The molecular weight excluding hydrogens is 286 g/mol. The first kappa shape index (κ1) is 15.3. The first-order chi connectivity index (χ1) is 11.3. The lowest BCUT2D eigenvalue weighted by Gasteiger charge is -2.21. The standard InChI is InChI=1S/C19H19N3O/c23-18(15-9-12-20-13-10-15)14-22-19(16-6-2-1-3-7-16)17-8-4-5-11-21-17/h1-13,18-19,22-23H,14H2/t18-,19-/m1/s1. The number of benzene rings is 1. The highest BCUT2D eigenvalue weighted by molar-refractivity contribution is 5.27. The number of hydrogen-bond donors (Lipinski definition) is 2. The summed E-state index contributed by atoms with van der Waals surface area (Å²) in [6.07, 6.45) is 4.57. The van der Waals surface area contributed by atoms with Crippen LogP contribution in [0.15, 0.2) is 79.3 Å². The molecule has 0 bridgehead atoms. The number of pyridine rings is 2.